The van der Waals surface area contributed by atoms with Crippen molar-refractivity contribution in [3.8, 4) is 0 Å². The van der Waals surface area contributed by atoms with Crippen LogP contribution in [0.4, 0.5) is 0 Å². The maximum atomic E-state index is 6.15. The molecule has 1 fully saturated rings. The molecule has 3 heteroatoms. The van der Waals surface area contributed by atoms with Crippen LogP contribution in [-0.2, 0) is 11.3 Å². The molecule has 0 atom stereocenters. The van der Waals surface area contributed by atoms with Crippen LogP contribution < -0.4 is 0 Å². The Morgan fingerprint density at radius 2 is 2.00 bits per heavy atom. The minimum absolute atomic E-state index is 0.447. The Hall–Kier alpha value is -0.570. The van der Waals surface area contributed by atoms with E-state index < -0.39 is 0 Å². The first-order chi connectivity index (χ1) is 7.79. The summed E-state index contributed by atoms with van der Waals surface area (Å²) in [5.74, 6) is 0. The smallest absolute Gasteiger partial charge is 0.0595 e. The molecule has 0 aliphatic carbocycles. The van der Waals surface area contributed by atoms with Crippen molar-refractivity contribution < 1.29 is 4.74 Å². The van der Waals surface area contributed by atoms with Crippen LogP contribution in [0.3, 0.4) is 0 Å². The molecule has 1 aliphatic heterocycles. The van der Waals surface area contributed by atoms with Crippen LogP contribution in [0.1, 0.15) is 18.4 Å². The van der Waals surface area contributed by atoms with Gasteiger partial charge in [-0.25, -0.2) is 0 Å². The predicted molar refractivity (Wildman–Crippen MR) is 66.8 cm³/mol. The minimum atomic E-state index is 0.447. The molecule has 1 aliphatic rings. The molecule has 0 saturated carbocycles. The maximum Gasteiger partial charge on any atom is 0.0595 e. The summed E-state index contributed by atoms with van der Waals surface area (Å²) < 4.78 is 5.36. The lowest BCUT2D eigenvalue weighted by Crippen LogP contribution is -2.36. The fourth-order valence-electron chi connectivity index (χ4n) is 2.17. The highest BCUT2D eigenvalue weighted by atomic mass is 35.5. The summed E-state index contributed by atoms with van der Waals surface area (Å²) in [6, 6.07) is 8.08. The van der Waals surface area contributed by atoms with Gasteiger partial charge in [0.15, 0.2) is 0 Å². The molecule has 1 aromatic carbocycles. The Bertz CT molecular complexity index is 334. The highest BCUT2D eigenvalue weighted by molar-refractivity contribution is 6.31. The van der Waals surface area contributed by atoms with Crippen LogP contribution >= 0.6 is 11.6 Å². The van der Waals surface area contributed by atoms with E-state index in [1.54, 1.807) is 7.11 Å². The van der Waals surface area contributed by atoms with Crippen molar-refractivity contribution in [3.05, 3.63) is 34.9 Å². The van der Waals surface area contributed by atoms with Gasteiger partial charge in [-0.3, -0.25) is 4.90 Å². The lowest BCUT2D eigenvalue weighted by atomic mass is 10.1. The fourth-order valence-corrected chi connectivity index (χ4v) is 2.37. The quantitative estimate of drug-likeness (QED) is 0.804. The third kappa shape index (κ3) is 2.97. The van der Waals surface area contributed by atoms with E-state index in [0.29, 0.717) is 6.10 Å². The van der Waals surface area contributed by atoms with Crippen LogP contribution in [0, 0.1) is 0 Å². The van der Waals surface area contributed by atoms with Crippen LogP contribution in [0.5, 0.6) is 0 Å². The molecule has 1 saturated heterocycles. The first-order valence-corrected chi connectivity index (χ1v) is 6.16. The zero-order valence-corrected chi connectivity index (χ0v) is 10.4. The third-order valence-electron chi connectivity index (χ3n) is 3.22. The lowest BCUT2D eigenvalue weighted by Gasteiger charge is -2.31. The lowest BCUT2D eigenvalue weighted by molar-refractivity contribution is 0.0389. The normalized spacial score (nSPS) is 18.9. The largest absolute Gasteiger partial charge is 0.381 e. The number of benzene rings is 1. The molecule has 0 spiro atoms. The van der Waals surface area contributed by atoms with Crippen LogP contribution in [0.15, 0.2) is 24.3 Å². The average Bonchev–Trinajstić information content (AvgIpc) is 2.33. The van der Waals surface area contributed by atoms with E-state index in [-0.39, 0.29) is 0 Å². The number of piperidine rings is 1. The molecule has 0 amide bonds. The van der Waals surface area contributed by atoms with Gasteiger partial charge in [0.05, 0.1) is 6.10 Å². The molecule has 2 nitrogen and oxygen atoms in total. The second-order valence-corrected chi connectivity index (χ2v) is 4.71. The van der Waals surface area contributed by atoms with E-state index in [2.05, 4.69) is 11.0 Å². The zero-order valence-electron chi connectivity index (χ0n) is 9.66. The number of hydrogen-bond acceptors (Lipinski definition) is 2. The monoisotopic (exact) mass is 239 g/mol. The highest BCUT2D eigenvalue weighted by Gasteiger charge is 2.18. The van der Waals surface area contributed by atoms with Crippen LogP contribution in [-0.4, -0.2) is 31.2 Å². The van der Waals surface area contributed by atoms with E-state index in [4.69, 9.17) is 16.3 Å². The summed E-state index contributed by atoms with van der Waals surface area (Å²) in [6.07, 6.45) is 2.70. The van der Waals surface area contributed by atoms with Gasteiger partial charge in [0.1, 0.15) is 0 Å². The zero-order chi connectivity index (χ0) is 11.4. The van der Waals surface area contributed by atoms with E-state index in [1.165, 1.54) is 5.56 Å². The van der Waals surface area contributed by atoms with Crippen molar-refractivity contribution in [2.75, 3.05) is 20.2 Å². The van der Waals surface area contributed by atoms with Gasteiger partial charge in [0, 0.05) is 31.8 Å². The third-order valence-corrected chi connectivity index (χ3v) is 3.59. The number of hydrogen-bond donors (Lipinski definition) is 0. The van der Waals surface area contributed by atoms with Gasteiger partial charge in [-0.2, -0.15) is 0 Å². The number of halogens is 1. The summed E-state index contributed by atoms with van der Waals surface area (Å²) in [6.45, 7) is 3.16. The Labute approximate surface area is 102 Å². The van der Waals surface area contributed by atoms with Gasteiger partial charge >= 0.3 is 0 Å². The fraction of sp³-hybridized carbons (Fsp3) is 0.538. The molecule has 0 unspecified atom stereocenters. The van der Waals surface area contributed by atoms with Crippen molar-refractivity contribution in [1.29, 1.82) is 0 Å². The van der Waals surface area contributed by atoms with Gasteiger partial charge in [-0.15, -0.1) is 0 Å². The summed E-state index contributed by atoms with van der Waals surface area (Å²) in [5.41, 5.74) is 1.22. The standard InChI is InChI=1S/C13H18ClNO/c1-16-12-6-8-15(9-7-12)10-11-4-2-3-5-13(11)14/h2-5,12H,6-10H2,1H3. The van der Waals surface area contributed by atoms with Gasteiger partial charge in [-0.1, -0.05) is 29.8 Å². The van der Waals surface area contributed by atoms with E-state index >= 15 is 0 Å². The first kappa shape index (κ1) is 11.9. The van der Waals surface area contributed by atoms with Gasteiger partial charge in [0.2, 0.25) is 0 Å². The van der Waals surface area contributed by atoms with Crippen molar-refractivity contribution in [2.45, 2.75) is 25.5 Å². The number of likely N-dealkylation sites (tertiary alicyclic amines) is 1. The van der Waals surface area contributed by atoms with Crippen molar-refractivity contribution in [1.82, 2.24) is 4.90 Å². The van der Waals surface area contributed by atoms with Crippen LogP contribution in [0.25, 0.3) is 0 Å². The molecule has 0 radical (unpaired) electrons. The summed E-state index contributed by atoms with van der Waals surface area (Å²) in [7, 11) is 1.80. The number of nitrogens with zero attached hydrogens (tertiary/aromatic N) is 1. The molecule has 16 heavy (non-hydrogen) atoms. The minimum Gasteiger partial charge on any atom is -0.381 e. The van der Waals surface area contributed by atoms with Gasteiger partial charge in [0.25, 0.3) is 0 Å². The Morgan fingerprint density at radius 3 is 2.62 bits per heavy atom. The SMILES string of the molecule is COC1CCN(Cc2ccccc2Cl)CC1. The van der Waals surface area contributed by atoms with E-state index in [1.807, 2.05) is 18.2 Å². The Morgan fingerprint density at radius 1 is 1.31 bits per heavy atom. The highest BCUT2D eigenvalue weighted by Crippen LogP contribution is 2.20. The second-order valence-electron chi connectivity index (χ2n) is 4.30. The molecular weight excluding hydrogens is 222 g/mol. The predicted octanol–water partition coefficient (Wildman–Crippen LogP) is 2.95. The summed E-state index contributed by atoms with van der Waals surface area (Å²) in [4.78, 5) is 2.44. The van der Waals surface area contributed by atoms with Gasteiger partial charge in [-0.05, 0) is 24.5 Å². The van der Waals surface area contributed by atoms with E-state index in [9.17, 15) is 0 Å². The van der Waals surface area contributed by atoms with E-state index in [0.717, 1.165) is 37.5 Å². The van der Waals surface area contributed by atoms with Gasteiger partial charge < -0.3 is 4.74 Å². The number of ether oxygens (including phenoxy) is 1. The maximum absolute atomic E-state index is 6.15. The molecule has 0 N–H and O–H groups in total. The van der Waals surface area contributed by atoms with Crippen molar-refractivity contribution in [3.63, 3.8) is 0 Å². The molecule has 88 valence electrons. The molecule has 1 aromatic rings. The molecule has 0 aromatic heterocycles. The average molecular weight is 240 g/mol. The number of rotatable bonds is 3. The molecular formula is C13H18ClNO. The van der Waals surface area contributed by atoms with Crippen molar-refractivity contribution in [2.24, 2.45) is 0 Å². The summed E-state index contributed by atoms with van der Waals surface area (Å²) in [5, 5.41) is 0.872. The first-order valence-electron chi connectivity index (χ1n) is 5.78. The second kappa shape index (κ2) is 5.67. The Balaban J connectivity index is 1.89. The van der Waals surface area contributed by atoms with Crippen LogP contribution in [0.2, 0.25) is 5.02 Å². The topological polar surface area (TPSA) is 12.5 Å². The molecule has 1 heterocycles. The molecule has 2 rings (SSSR count). The summed E-state index contributed by atoms with van der Waals surface area (Å²) >= 11 is 6.15. The van der Waals surface area contributed by atoms with Crippen molar-refractivity contribution >= 4 is 11.6 Å². The Kier molecular flexibility index (Phi) is 4.22. The number of methoxy groups -OCH3 is 1. The molecule has 0 bridgehead atoms.